The highest BCUT2D eigenvalue weighted by molar-refractivity contribution is 5.89. The van der Waals surface area contributed by atoms with Crippen LogP contribution in [0, 0.1) is 5.92 Å². The van der Waals surface area contributed by atoms with E-state index >= 15 is 0 Å². The van der Waals surface area contributed by atoms with Crippen molar-refractivity contribution >= 4 is 11.8 Å². The van der Waals surface area contributed by atoms with Crippen LogP contribution < -0.4 is 0 Å². The Kier molecular flexibility index (Phi) is 5.62. The maximum absolute atomic E-state index is 12.6. The maximum Gasteiger partial charge on any atom is 0.246 e. The summed E-state index contributed by atoms with van der Waals surface area (Å²) in [6.45, 7) is 1.60. The molecule has 1 saturated heterocycles. The third-order valence-electron chi connectivity index (χ3n) is 4.38. The van der Waals surface area contributed by atoms with Crippen molar-refractivity contribution in [3.8, 4) is 11.4 Å². The van der Waals surface area contributed by atoms with Gasteiger partial charge in [-0.2, -0.15) is 4.98 Å². The first-order valence-corrected chi connectivity index (χ1v) is 8.48. The highest BCUT2D eigenvalue weighted by atomic mass is 16.5. The molecule has 1 aromatic heterocycles. The topological polar surface area (TPSA) is 88.8 Å². The van der Waals surface area contributed by atoms with Crippen LogP contribution >= 0.6 is 0 Å². The predicted octanol–water partition coefficient (Wildman–Crippen LogP) is 1.19. The quantitative estimate of drug-likeness (QED) is 0.739. The summed E-state index contributed by atoms with van der Waals surface area (Å²) in [5.41, 5.74) is 0.853. The van der Waals surface area contributed by atoms with E-state index in [0.29, 0.717) is 31.4 Å². The molecule has 1 unspecified atom stereocenters. The lowest BCUT2D eigenvalue weighted by Gasteiger charge is -2.20. The lowest BCUT2D eigenvalue weighted by atomic mass is 10.1. The van der Waals surface area contributed by atoms with E-state index in [-0.39, 0.29) is 30.7 Å². The highest BCUT2D eigenvalue weighted by Gasteiger charge is 2.35. The third-order valence-corrected chi connectivity index (χ3v) is 4.38. The number of rotatable bonds is 7. The number of hydrogen-bond acceptors (Lipinski definition) is 6. The summed E-state index contributed by atoms with van der Waals surface area (Å²) < 4.78 is 10.2. The van der Waals surface area contributed by atoms with Gasteiger partial charge >= 0.3 is 0 Å². The largest absolute Gasteiger partial charge is 0.383 e. The zero-order chi connectivity index (χ0) is 18.5. The number of nitrogens with zero attached hydrogens (tertiary/aromatic N) is 4. The average molecular weight is 358 g/mol. The van der Waals surface area contributed by atoms with E-state index in [9.17, 15) is 9.59 Å². The van der Waals surface area contributed by atoms with E-state index in [1.54, 1.807) is 19.1 Å². The van der Waals surface area contributed by atoms with Crippen molar-refractivity contribution in [2.75, 3.05) is 33.9 Å². The van der Waals surface area contributed by atoms with Crippen molar-refractivity contribution < 1.29 is 18.8 Å². The molecule has 1 atom stereocenters. The van der Waals surface area contributed by atoms with Gasteiger partial charge in [0.05, 0.1) is 19.1 Å². The van der Waals surface area contributed by atoms with Gasteiger partial charge in [0, 0.05) is 39.2 Å². The van der Waals surface area contributed by atoms with Crippen LogP contribution in [-0.4, -0.2) is 65.6 Å². The Balaban J connectivity index is 1.58. The summed E-state index contributed by atoms with van der Waals surface area (Å²) in [5.74, 6) is 0.389. The van der Waals surface area contributed by atoms with Gasteiger partial charge in [-0.25, -0.2) is 0 Å². The molecule has 0 spiro atoms. The Morgan fingerprint density at radius 2 is 2.15 bits per heavy atom. The molecule has 1 fully saturated rings. The zero-order valence-corrected chi connectivity index (χ0v) is 14.9. The molecular formula is C18H22N4O4. The predicted molar refractivity (Wildman–Crippen MR) is 92.8 cm³/mol. The minimum absolute atomic E-state index is 0.0158. The van der Waals surface area contributed by atoms with Crippen LogP contribution in [-0.2, 0) is 20.9 Å². The number of carbonyl (C=O) groups excluding carboxylic acids is 2. The molecule has 0 bridgehead atoms. The number of ether oxygens (including phenoxy) is 1. The summed E-state index contributed by atoms with van der Waals surface area (Å²) in [6, 6.07) is 9.49. The smallest absolute Gasteiger partial charge is 0.246 e. The first-order chi connectivity index (χ1) is 12.6. The van der Waals surface area contributed by atoms with E-state index in [1.165, 1.54) is 4.90 Å². The zero-order valence-electron chi connectivity index (χ0n) is 14.9. The molecule has 8 nitrogen and oxygen atoms in total. The van der Waals surface area contributed by atoms with Gasteiger partial charge in [-0.3, -0.25) is 9.59 Å². The summed E-state index contributed by atoms with van der Waals surface area (Å²) >= 11 is 0. The maximum atomic E-state index is 12.6. The standard InChI is InChI=1S/C18H22N4O4/c1-21(18(24)14-10-16(23)22(11-14)8-9-25-2)12-15-19-17(20-26-15)13-6-4-3-5-7-13/h3-7,14H,8-12H2,1-2H3. The molecule has 1 aliphatic rings. The Bertz CT molecular complexity index is 762. The first kappa shape index (κ1) is 18.1. The Labute approximate surface area is 151 Å². The second-order valence-electron chi connectivity index (χ2n) is 6.31. The van der Waals surface area contributed by atoms with Crippen LogP contribution in [0.4, 0.5) is 0 Å². The van der Waals surface area contributed by atoms with E-state index in [0.717, 1.165) is 5.56 Å². The van der Waals surface area contributed by atoms with Gasteiger partial charge in [-0.15, -0.1) is 0 Å². The highest BCUT2D eigenvalue weighted by Crippen LogP contribution is 2.21. The minimum atomic E-state index is -0.346. The second kappa shape index (κ2) is 8.09. The summed E-state index contributed by atoms with van der Waals surface area (Å²) in [6.07, 6.45) is 0.228. The molecule has 3 rings (SSSR count). The molecule has 26 heavy (non-hydrogen) atoms. The summed E-state index contributed by atoms with van der Waals surface area (Å²) in [4.78, 5) is 32.1. The van der Waals surface area contributed by atoms with Gasteiger partial charge in [0.1, 0.15) is 0 Å². The Morgan fingerprint density at radius 1 is 1.38 bits per heavy atom. The number of amides is 2. The number of hydrogen-bond donors (Lipinski definition) is 0. The fourth-order valence-corrected chi connectivity index (χ4v) is 2.97. The number of likely N-dealkylation sites (tertiary alicyclic amines) is 1. The van der Waals surface area contributed by atoms with E-state index < -0.39 is 0 Å². The molecule has 2 amide bonds. The first-order valence-electron chi connectivity index (χ1n) is 8.48. The summed E-state index contributed by atoms with van der Waals surface area (Å²) in [5, 5.41) is 3.95. The molecule has 0 N–H and O–H groups in total. The fraction of sp³-hybridized carbons (Fsp3) is 0.444. The van der Waals surface area contributed by atoms with Gasteiger partial charge in [0.25, 0.3) is 0 Å². The Morgan fingerprint density at radius 3 is 2.88 bits per heavy atom. The molecule has 0 saturated carbocycles. The Hall–Kier alpha value is -2.74. The van der Waals surface area contributed by atoms with Crippen molar-refractivity contribution in [3.05, 3.63) is 36.2 Å². The van der Waals surface area contributed by atoms with Crippen molar-refractivity contribution in [1.82, 2.24) is 19.9 Å². The lowest BCUT2D eigenvalue weighted by Crippen LogP contribution is -2.35. The molecule has 8 heteroatoms. The van der Waals surface area contributed by atoms with Crippen molar-refractivity contribution in [2.24, 2.45) is 5.92 Å². The van der Waals surface area contributed by atoms with Gasteiger partial charge < -0.3 is 19.1 Å². The van der Waals surface area contributed by atoms with Crippen molar-refractivity contribution in [3.63, 3.8) is 0 Å². The van der Waals surface area contributed by atoms with Crippen molar-refractivity contribution in [1.29, 1.82) is 0 Å². The molecule has 2 heterocycles. The molecule has 0 radical (unpaired) electrons. The fourth-order valence-electron chi connectivity index (χ4n) is 2.97. The molecule has 2 aromatic rings. The molecule has 138 valence electrons. The number of benzene rings is 1. The SMILES string of the molecule is COCCN1CC(C(=O)N(C)Cc2nc(-c3ccccc3)no2)CC1=O. The van der Waals surface area contributed by atoms with E-state index in [1.807, 2.05) is 30.3 Å². The number of aromatic nitrogens is 2. The number of methoxy groups -OCH3 is 1. The molecular weight excluding hydrogens is 336 g/mol. The van der Waals surface area contributed by atoms with E-state index in [2.05, 4.69) is 10.1 Å². The summed E-state index contributed by atoms with van der Waals surface area (Å²) in [7, 11) is 3.27. The van der Waals surface area contributed by atoms with Crippen LogP contribution in [0.15, 0.2) is 34.9 Å². The van der Waals surface area contributed by atoms with Crippen LogP contribution in [0.2, 0.25) is 0 Å². The molecule has 0 aliphatic carbocycles. The van der Waals surface area contributed by atoms with Gasteiger partial charge in [0.15, 0.2) is 0 Å². The van der Waals surface area contributed by atoms with Crippen LogP contribution in [0.5, 0.6) is 0 Å². The lowest BCUT2D eigenvalue weighted by molar-refractivity contribution is -0.135. The monoisotopic (exact) mass is 358 g/mol. The second-order valence-corrected chi connectivity index (χ2v) is 6.31. The molecule has 1 aliphatic heterocycles. The number of carbonyl (C=O) groups is 2. The third kappa shape index (κ3) is 4.08. The van der Waals surface area contributed by atoms with Crippen molar-refractivity contribution in [2.45, 2.75) is 13.0 Å². The van der Waals surface area contributed by atoms with E-state index in [4.69, 9.17) is 9.26 Å². The average Bonchev–Trinajstić information content (AvgIpc) is 3.27. The minimum Gasteiger partial charge on any atom is -0.383 e. The van der Waals surface area contributed by atoms with Gasteiger partial charge in [-0.1, -0.05) is 35.5 Å². The van der Waals surface area contributed by atoms with Crippen LogP contribution in [0.1, 0.15) is 12.3 Å². The van der Waals surface area contributed by atoms with Crippen LogP contribution in [0.25, 0.3) is 11.4 Å². The normalized spacial score (nSPS) is 16.9. The van der Waals surface area contributed by atoms with Crippen LogP contribution in [0.3, 0.4) is 0 Å². The van der Waals surface area contributed by atoms with Gasteiger partial charge in [0.2, 0.25) is 23.5 Å². The van der Waals surface area contributed by atoms with Gasteiger partial charge in [-0.05, 0) is 0 Å². The molecule has 1 aromatic carbocycles.